The van der Waals surface area contributed by atoms with Crippen molar-refractivity contribution in [3.8, 4) is 5.88 Å². The maximum Gasteiger partial charge on any atom is 0.238 e. The molecule has 90 valence electrons. The normalized spacial score (nSPS) is 11.5. The van der Waals surface area contributed by atoms with Crippen molar-refractivity contribution >= 4 is 0 Å². The van der Waals surface area contributed by atoms with E-state index in [0.29, 0.717) is 25.6 Å². The van der Waals surface area contributed by atoms with Crippen LogP contribution in [0.2, 0.25) is 0 Å². The molecule has 0 aliphatic heterocycles. The molecule has 0 atom stereocenters. The highest BCUT2D eigenvalue weighted by molar-refractivity contribution is 5.22. The van der Waals surface area contributed by atoms with Gasteiger partial charge in [-0.1, -0.05) is 0 Å². The quantitative estimate of drug-likeness (QED) is 0.761. The van der Waals surface area contributed by atoms with Gasteiger partial charge in [0.1, 0.15) is 6.61 Å². The van der Waals surface area contributed by atoms with Crippen molar-refractivity contribution in [2.75, 3.05) is 13.2 Å². The van der Waals surface area contributed by atoms with Crippen molar-refractivity contribution in [3.05, 3.63) is 17.8 Å². The molecule has 0 saturated carbocycles. The molecule has 0 amide bonds. The highest BCUT2D eigenvalue weighted by atomic mass is 16.5. The molecule has 5 heteroatoms. The largest absolute Gasteiger partial charge is 0.474 e. The van der Waals surface area contributed by atoms with Gasteiger partial charge in [-0.05, 0) is 26.8 Å². The number of aromatic nitrogens is 2. The van der Waals surface area contributed by atoms with E-state index < -0.39 is 0 Å². The molecule has 16 heavy (non-hydrogen) atoms. The van der Waals surface area contributed by atoms with E-state index >= 15 is 0 Å². The maximum absolute atomic E-state index is 5.55. The van der Waals surface area contributed by atoms with E-state index in [1.54, 1.807) is 12.3 Å². The molecule has 0 radical (unpaired) electrons. The Morgan fingerprint density at radius 2 is 2.06 bits per heavy atom. The number of ether oxygens (including phenoxy) is 2. The van der Waals surface area contributed by atoms with Crippen molar-refractivity contribution < 1.29 is 9.47 Å². The van der Waals surface area contributed by atoms with Gasteiger partial charge in [-0.3, -0.25) is 0 Å². The average Bonchev–Trinajstić information content (AvgIpc) is 2.23. The standard InChI is InChI=1S/C11H19N3O2/c1-11(2,3)16-7-6-15-10-9(8-12)4-5-13-14-10/h4-5H,6-8,12H2,1-3H3. The fourth-order valence-electron chi connectivity index (χ4n) is 1.11. The zero-order valence-electron chi connectivity index (χ0n) is 10.1. The first-order valence-electron chi connectivity index (χ1n) is 5.30. The van der Waals surface area contributed by atoms with Gasteiger partial charge < -0.3 is 15.2 Å². The molecular weight excluding hydrogens is 206 g/mol. The van der Waals surface area contributed by atoms with Crippen LogP contribution in [-0.4, -0.2) is 29.0 Å². The van der Waals surface area contributed by atoms with E-state index in [-0.39, 0.29) is 5.60 Å². The minimum Gasteiger partial charge on any atom is -0.474 e. The van der Waals surface area contributed by atoms with Gasteiger partial charge >= 0.3 is 0 Å². The zero-order chi connectivity index (χ0) is 12.0. The van der Waals surface area contributed by atoms with Gasteiger partial charge in [-0.25, -0.2) is 0 Å². The SMILES string of the molecule is CC(C)(C)OCCOc1nnccc1CN. The lowest BCUT2D eigenvalue weighted by atomic mass is 10.2. The summed E-state index contributed by atoms with van der Waals surface area (Å²) in [4.78, 5) is 0. The van der Waals surface area contributed by atoms with E-state index in [9.17, 15) is 0 Å². The Balaban J connectivity index is 2.37. The van der Waals surface area contributed by atoms with Crippen LogP contribution in [0.4, 0.5) is 0 Å². The van der Waals surface area contributed by atoms with Gasteiger partial charge in [-0.15, -0.1) is 5.10 Å². The van der Waals surface area contributed by atoms with Crippen molar-refractivity contribution in [1.82, 2.24) is 10.2 Å². The highest BCUT2D eigenvalue weighted by Gasteiger charge is 2.10. The molecule has 1 aromatic heterocycles. The van der Waals surface area contributed by atoms with E-state index in [1.807, 2.05) is 20.8 Å². The van der Waals surface area contributed by atoms with Crippen molar-refractivity contribution in [1.29, 1.82) is 0 Å². The molecule has 0 fully saturated rings. The Hall–Kier alpha value is -1.20. The van der Waals surface area contributed by atoms with Crippen molar-refractivity contribution in [2.45, 2.75) is 32.9 Å². The fourth-order valence-corrected chi connectivity index (χ4v) is 1.11. The third kappa shape index (κ3) is 4.55. The molecular formula is C11H19N3O2. The van der Waals surface area contributed by atoms with Crippen LogP contribution in [0.5, 0.6) is 5.88 Å². The summed E-state index contributed by atoms with van der Waals surface area (Å²) in [5.41, 5.74) is 6.25. The van der Waals surface area contributed by atoms with Crippen molar-refractivity contribution in [3.63, 3.8) is 0 Å². The lowest BCUT2D eigenvalue weighted by Gasteiger charge is -2.19. The van der Waals surface area contributed by atoms with Gasteiger partial charge in [0.2, 0.25) is 5.88 Å². The number of nitrogens with zero attached hydrogens (tertiary/aromatic N) is 2. The van der Waals surface area contributed by atoms with Gasteiger partial charge in [-0.2, -0.15) is 5.10 Å². The molecule has 0 aromatic carbocycles. The molecule has 1 aromatic rings. The van der Waals surface area contributed by atoms with Gasteiger partial charge in [0.15, 0.2) is 0 Å². The Kier molecular flexibility index (Phi) is 4.64. The van der Waals surface area contributed by atoms with Crippen LogP contribution in [0.15, 0.2) is 12.3 Å². The van der Waals surface area contributed by atoms with E-state index in [4.69, 9.17) is 15.2 Å². The second kappa shape index (κ2) is 5.77. The molecule has 5 nitrogen and oxygen atoms in total. The molecule has 0 aliphatic carbocycles. The average molecular weight is 225 g/mol. The van der Waals surface area contributed by atoms with Crippen molar-refractivity contribution in [2.24, 2.45) is 5.73 Å². The summed E-state index contributed by atoms with van der Waals surface area (Å²) in [6.45, 7) is 7.36. The molecule has 0 spiro atoms. The smallest absolute Gasteiger partial charge is 0.238 e. The summed E-state index contributed by atoms with van der Waals surface area (Å²) >= 11 is 0. The predicted octanol–water partition coefficient (Wildman–Crippen LogP) is 1.13. The topological polar surface area (TPSA) is 70.3 Å². The van der Waals surface area contributed by atoms with Crippen LogP contribution in [0.25, 0.3) is 0 Å². The Morgan fingerprint density at radius 3 is 2.69 bits per heavy atom. The predicted molar refractivity (Wildman–Crippen MR) is 61.1 cm³/mol. The minimum absolute atomic E-state index is 0.150. The van der Waals surface area contributed by atoms with Crippen LogP contribution in [0.1, 0.15) is 26.3 Å². The molecule has 0 saturated heterocycles. The van der Waals surface area contributed by atoms with Crippen LogP contribution in [0.3, 0.4) is 0 Å². The first kappa shape index (κ1) is 12.9. The lowest BCUT2D eigenvalue weighted by Crippen LogP contribution is -2.22. The molecule has 2 N–H and O–H groups in total. The second-order valence-electron chi connectivity index (χ2n) is 4.38. The number of rotatable bonds is 5. The molecule has 1 rings (SSSR count). The highest BCUT2D eigenvalue weighted by Crippen LogP contribution is 2.12. The number of nitrogens with two attached hydrogens (primary N) is 1. The maximum atomic E-state index is 5.55. The van der Waals surface area contributed by atoms with Crippen LogP contribution in [0, 0.1) is 0 Å². The fraction of sp³-hybridized carbons (Fsp3) is 0.636. The van der Waals surface area contributed by atoms with Crippen LogP contribution >= 0.6 is 0 Å². The summed E-state index contributed by atoms with van der Waals surface area (Å²) in [6.07, 6.45) is 1.60. The lowest BCUT2D eigenvalue weighted by molar-refractivity contribution is -0.0170. The van der Waals surface area contributed by atoms with Gasteiger partial charge in [0.05, 0.1) is 18.4 Å². The Labute approximate surface area is 96.0 Å². The van der Waals surface area contributed by atoms with Crippen LogP contribution < -0.4 is 10.5 Å². The molecule has 1 heterocycles. The Bertz CT molecular complexity index is 323. The number of hydrogen-bond acceptors (Lipinski definition) is 5. The number of hydrogen-bond donors (Lipinski definition) is 1. The van der Waals surface area contributed by atoms with E-state index in [2.05, 4.69) is 10.2 Å². The monoisotopic (exact) mass is 225 g/mol. The van der Waals surface area contributed by atoms with Crippen LogP contribution in [-0.2, 0) is 11.3 Å². The third-order valence-corrected chi connectivity index (χ3v) is 1.84. The van der Waals surface area contributed by atoms with Gasteiger partial charge in [0, 0.05) is 12.1 Å². The minimum atomic E-state index is -0.150. The first-order chi connectivity index (χ1) is 7.53. The summed E-state index contributed by atoms with van der Waals surface area (Å²) < 4.78 is 11.0. The second-order valence-corrected chi connectivity index (χ2v) is 4.38. The molecule has 0 bridgehead atoms. The van der Waals surface area contributed by atoms with Gasteiger partial charge in [0.25, 0.3) is 0 Å². The zero-order valence-corrected chi connectivity index (χ0v) is 10.1. The molecule has 0 unspecified atom stereocenters. The summed E-state index contributed by atoms with van der Waals surface area (Å²) in [5.74, 6) is 0.488. The molecule has 0 aliphatic rings. The summed E-state index contributed by atoms with van der Waals surface area (Å²) in [5, 5.41) is 7.63. The van der Waals surface area contributed by atoms with E-state index in [0.717, 1.165) is 5.56 Å². The Morgan fingerprint density at radius 1 is 1.31 bits per heavy atom. The first-order valence-corrected chi connectivity index (χ1v) is 5.30. The third-order valence-electron chi connectivity index (χ3n) is 1.84. The summed E-state index contributed by atoms with van der Waals surface area (Å²) in [6, 6.07) is 1.80. The summed E-state index contributed by atoms with van der Waals surface area (Å²) in [7, 11) is 0. The van der Waals surface area contributed by atoms with E-state index in [1.165, 1.54) is 0 Å².